The van der Waals surface area contributed by atoms with E-state index >= 15 is 0 Å². The third-order valence-electron chi connectivity index (χ3n) is 3.45. The molecule has 1 rings (SSSR count). The number of hydrogen-bond donors (Lipinski definition) is 1. The van der Waals surface area contributed by atoms with E-state index in [4.69, 9.17) is 0 Å². The number of amides is 1. The average Bonchev–Trinajstić information content (AvgIpc) is 2.36. The maximum Gasteiger partial charge on any atom is 0.234 e. The fraction of sp³-hybridized carbons (Fsp3) is 0.923. The fourth-order valence-corrected chi connectivity index (χ4v) is 3.90. The lowest BCUT2D eigenvalue weighted by Crippen LogP contribution is -2.39. The van der Waals surface area contributed by atoms with Crippen molar-refractivity contribution in [3.63, 3.8) is 0 Å². The minimum Gasteiger partial charge on any atom is -0.348 e. The van der Waals surface area contributed by atoms with Crippen molar-refractivity contribution >= 4 is 16.7 Å². The van der Waals surface area contributed by atoms with E-state index < -0.39 is 10.8 Å². The smallest absolute Gasteiger partial charge is 0.234 e. The molecule has 0 saturated heterocycles. The van der Waals surface area contributed by atoms with E-state index in [0.29, 0.717) is 6.04 Å². The zero-order chi connectivity index (χ0) is 13.5. The molecule has 0 aromatic carbocycles. The maximum absolute atomic E-state index is 12.2. The molecule has 1 amide bonds. The molecule has 0 aromatic heterocycles. The Morgan fingerprint density at radius 1 is 1.39 bits per heavy atom. The summed E-state index contributed by atoms with van der Waals surface area (Å²) in [4.78, 5) is 13.1. The monoisotopic (exact) mass is 274 g/mol. The lowest BCUT2D eigenvalue weighted by molar-refractivity contribution is -0.125. The topological polar surface area (TPSA) is 49.4 Å². The predicted octanol–water partition coefficient (Wildman–Crippen LogP) is 1.13. The summed E-state index contributed by atoms with van der Waals surface area (Å²) in [5.74, 6) is 0.148. The Labute approximate surface area is 113 Å². The molecule has 0 heterocycles. The maximum atomic E-state index is 12.2. The van der Waals surface area contributed by atoms with Gasteiger partial charge in [-0.3, -0.25) is 9.00 Å². The van der Waals surface area contributed by atoms with E-state index in [2.05, 4.69) is 12.2 Å². The van der Waals surface area contributed by atoms with E-state index in [1.54, 1.807) is 14.1 Å². The van der Waals surface area contributed by atoms with Gasteiger partial charge in [0.15, 0.2) is 0 Å². The molecule has 3 atom stereocenters. The zero-order valence-corrected chi connectivity index (χ0v) is 12.6. The molecule has 0 bridgehead atoms. The third-order valence-corrected chi connectivity index (χ3v) is 5.15. The number of hydrogen-bond acceptors (Lipinski definition) is 3. The van der Waals surface area contributed by atoms with Crippen LogP contribution < -0.4 is 5.32 Å². The van der Waals surface area contributed by atoms with Gasteiger partial charge in [-0.15, -0.1) is 0 Å². The molecule has 106 valence electrons. The van der Waals surface area contributed by atoms with Gasteiger partial charge in [0.1, 0.15) is 5.75 Å². The molecule has 4 nitrogen and oxygen atoms in total. The van der Waals surface area contributed by atoms with Crippen LogP contribution in [0.3, 0.4) is 0 Å². The van der Waals surface area contributed by atoms with Crippen molar-refractivity contribution < 1.29 is 9.00 Å². The van der Waals surface area contributed by atoms with Crippen LogP contribution in [0.2, 0.25) is 0 Å². The quantitative estimate of drug-likeness (QED) is 0.790. The van der Waals surface area contributed by atoms with Gasteiger partial charge in [0.2, 0.25) is 5.91 Å². The molecular weight excluding hydrogens is 248 g/mol. The van der Waals surface area contributed by atoms with Crippen LogP contribution in [0.25, 0.3) is 0 Å². The number of nitrogens with zero attached hydrogens (tertiary/aromatic N) is 1. The summed E-state index contributed by atoms with van der Waals surface area (Å²) in [6.07, 6.45) is 5.37. The molecule has 3 unspecified atom stereocenters. The molecule has 0 aliphatic heterocycles. The second kappa shape index (κ2) is 7.89. The van der Waals surface area contributed by atoms with Crippen LogP contribution in [0, 0.1) is 0 Å². The third kappa shape index (κ3) is 5.06. The van der Waals surface area contributed by atoms with E-state index in [-0.39, 0.29) is 16.9 Å². The number of rotatable bonds is 6. The van der Waals surface area contributed by atoms with Crippen molar-refractivity contribution in [2.75, 3.05) is 26.4 Å². The molecule has 0 aromatic rings. The van der Waals surface area contributed by atoms with Gasteiger partial charge in [-0.25, -0.2) is 0 Å². The van der Waals surface area contributed by atoms with Crippen LogP contribution >= 0.6 is 0 Å². The normalized spacial score (nSPS) is 25.7. The van der Waals surface area contributed by atoms with Crippen LogP contribution in [0.15, 0.2) is 0 Å². The minimum absolute atomic E-state index is 0.0306. The van der Waals surface area contributed by atoms with Crippen LogP contribution in [0.1, 0.15) is 39.0 Å². The Bertz CT molecular complexity index is 295. The van der Waals surface area contributed by atoms with Crippen LogP contribution in [-0.4, -0.2) is 52.7 Å². The van der Waals surface area contributed by atoms with Gasteiger partial charge in [0.25, 0.3) is 0 Å². The lowest BCUT2D eigenvalue weighted by atomic mass is 9.95. The zero-order valence-electron chi connectivity index (χ0n) is 11.8. The van der Waals surface area contributed by atoms with Crippen LogP contribution in [0.4, 0.5) is 0 Å². The van der Waals surface area contributed by atoms with Crippen molar-refractivity contribution in [2.45, 2.75) is 50.3 Å². The average molecular weight is 274 g/mol. The molecule has 1 aliphatic carbocycles. The summed E-state index contributed by atoms with van der Waals surface area (Å²) in [5.41, 5.74) is 0. The summed E-state index contributed by atoms with van der Waals surface area (Å²) in [5, 5.41) is 3.69. The Morgan fingerprint density at radius 3 is 2.72 bits per heavy atom. The van der Waals surface area contributed by atoms with Crippen molar-refractivity contribution in [1.29, 1.82) is 0 Å². The van der Waals surface area contributed by atoms with Gasteiger partial charge in [-0.2, -0.15) is 0 Å². The second-order valence-corrected chi connectivity index (χ2v) is 6.97. The first-order chi connectivity index (χ1) is 8.54. The molecule has 1 fully saturated rings. The Hall–Kier alpha value is -0.420. The summed E-state index contributed by atoms with van der Waals surface area (Å²) in [7, 11) is 2.41. The number of nitrogens with one attached hydrogen (secondary N) is 1. The van der Waals surface area contributed by atoms with Gasteiger partial charge >= 0.3 is 0 Å². The molecule has 0 spiro atoms. The van der Waals surface area contributed by atoms with E-state index in [1.165, 1.54) is 11.3 Å². The summed E-state index contributed by atoms with van der Waals surface area (Å²) < 4.78 is 12.2. The second-order valence-electron chi connectivity index (χ2n) is 5.25. The van der Waals surface area contributed by atoms with E-state index in [9.17, 15) is 9.00 Å². The minimum atomic E-state index is -1.01. The molecule has 18 heavy (non-hydrogen) atoms. The summed E-state index contributed by atoms with van der Waals surface area (Å²) in [6, 6.07) is 0.488. The first kappa shape index (κ1) is 15.6. The van der Waals surface area contributed by atoms with Crippen molar-refractivity contribution in [3.8, 4) is 0 Å². The number of carbonyl (C=O) groups is 1. The molecule has 1 aliphatic rings. The van der Waals surface area contributed by atoms with Crippen LogP contribution in [0.5, 0.6) is 0 Å². The number of carbonyl (C=O) groups excluding carboxylic acids is 1. The molecule has 1 saturated carbocycles. The largest absolute Gasteiger partial charge is 0.348 e. The molecule has 1 N–H and O–H groups in total. The highest BCUT2D eigenvalue weighted by Gasteiger charge is 2.27. The Morgan fingerprint density at radius 2 is 2.11 bits per heavy atom. The van der Waals surface area contributed by atoms with Gasteiger partial charge in [-0.05, 0) is 32.2 Å². The van der Waals surface area contributed by atoms with Gasteiger partial charge in [0, 0.05) is 36.2 Å². The van der Waals surface area contributed by atoms with Gasteiger partial charge in [0.05, 0.1) is 0 Å². The first-order valence-electron chi connectivity index (χ1n) is 6.85. The molecular formula is C13H26N2O2S. The van der Waals surface area contributed by atoms with E-state index in [0.717, 1.165) is 32.2 Å². The highest BCUT2D eigenvalue weighted by atomic mass is 32.2. The van der Waals surface area contributed by atoms with Crippen molar-refractivity contribution in [3.05, 3.63) is 0 Å². The van der Waals surface area contributed by atoms with Crippen molar-refractivity contribution in [2.24, 2.45) is 0 Å². The van der Waals surface area contributed by atoms with Gasteiger partial charge < -0.3 is 10.2 Å². The lowest BCUT2D eigenvalue weighted by Gasteiger charge is -2.29. The van der Waals surface area contributed by atoms with Crippen molar-refractivity contribution in [1.82, 2.24) is 10.2 Å². The van der Waals surface area contributed by atoms with Gasteiger partial charge in [-0.1, -0.05) is 13.3 Å². The standard InChI is InChI=1S/C13H26N2O2S/c1-4-8-14-11-6-5-7-12(9-11)18(17)10-13(16)15(2)3/h11-12,14H,4-10H2,1-3H3. The highest BCUT2D eigenvalue weighted by molar-refractivity contribution is 7.86. The summed E-state index contributed by atoms with van der Waals surface area (Å²) >= 11 is 0. The first-order valence-corrected chi connectivity index (χ1v) is 8.23. The Kier molecular flexibility index (Phi) is 6.86. The predicted molar refractivity (Wildman–Crippen MR) is 76.0 cm³/mol. The molecule has 0 radical (unpaired) electrons. The Balaban J connectivity index is 2.40. The fourth-order valence-electron chi connectivity index (χ4n) is 2.29. The summed E-state index contributed by atoms with van der Waals surface area (Å²) in [6.45, 7) is 3.18. The van der Waals surface area contributed by atoms with Crippen LogP contribution in [-0.2, 0) is 15.6 Å². The SMILES string of the molecule is CCCNC1CCCC(S(=O)CC(=O)N(C)C)C1. The molecule has 5 heteroatoms. The van der Waals surface area contributed by atoms with E-state index in [1.807, 2.05) is 0 Å². The highest BCUT2D eigenvalue weighted by Crippen LogP contribution is 2.23.